The molecule has 0 aliphatic carbocycles. The van der Waals surface area contributed by atoms with Crippen LogP contribution in [0.2, 0.25) is 0 Å². The molecule has 56 heavy (non-hydrogen) atoms. The minimum atomic E-state index is 0.599. The number of nitriles is 1. The van der Waals surface area contributed by atoms with Crippen LogP contribution >= 0.6 is 0 Å². The van der Waals surface area contributed by atoms with Crippen LogP contribution in [-0.4, -0.2) is 14.1 Å². The lowest BCUT2D eigenvalue weighted by Crippen LogP contribution is -2.05. The summed E-state index contributed by atoms with van der Waals surface area (Å²) in [5.41, 5.74) is 18.1. The van der Waals surface area contributed by atoms with Crippen molar-refractivity contribution in [3.8, 4) is 50.8 Å². The summed E-state index contributed by atoms with van der Waals surface area (Å²) in [7, 11) is 0. The van der Waals surface area contributed by atoms with Gasteiger partial charge in [0.15, 0.2) is 0 Å². The smallest absolute Gasteiger partial charge is 0.104 e. The maximum Gasteiger partial charge on any atom is 0.104 e. The molecule has 0 amide bonds. The number of hydrogen-bond donors (Lipinski definition) is 0. The molecule has 10 rings (SSSR count). The highest BCUT2D eigenvalue weighted by atomic mass is 15.0. The summed E-state index contributed by atoms with van der Waals surface area (Å²) in [5, 5.41) is 16.0. The summed E-state index contributed by atoms with van der Waals surface area (Å²) in [6.07, 6.45) is 3.67. The minimum Gasteiger partial charge on any atom is -0.308 e. The molecule has 10 aromatic rings. The van der Waals surface area contributed by atoms with Gasteiger partial charge in [-0.2, -0.15) is 5.26 Å². The van der Waals surface area contributed by atoms with Crippen LogP contribution in [0, 0.1) is 39.0 Å². The number of aryl methyl sites for hydroxylation is 4. The first kappa shape index (κ1) is 33.4. The van der Waals surface area contributed by atoms with E-state index in [1.165, 1.54) is 33.4 Å². The number of pyridine rings is 1. The van der Waals surface area contributed by atoms with E-state index >= 15 is 0 Å². The molecule has 0 bridgehead atoms. The Morgan fingerprint density at radius 2 is 0.893 bits per heavy atom. The fraction of sp³-hybridized carbons (Fsp3) is 0.0769. The zero-order chi connectivity index (χ0) is 38.1. The van der Waals surface area contributed by atoms with E-state index in [9.17, 15) is 5.26 Å². The molecule has 0 saturated carbocycles. The number of rotatable bonds is 5. The molecule has 0 N–H and O–H groups in total. The molecule has 0 spiro atoms. The molecule has 3 aromatic heterocycles. The highest BCUT2D eigenvalue weighted by molar-refractivity contribution is 6.12. The second-order valence-corrected chi connectivity index (χ2v) is 15.0. The number of fused-ring (bicyclic) bond motifs is 6. The molecule has 3 heterocycles. The normalized spacial score (nSPS) is 11.6. The molecule has 4 nitrogen and oxygen atoms in total. The Morgan fingerprint density at radius 3 is 1.36 bits per heavy atom. The first-order chi connectivity index (χ1) is 27.4. The van der Waals surface area contributed by atoms with Crippen molar-refractivity contribution in [2.24, 2.45) is 0 Å². The van der Waals surface area contributed by atoms with Gasteiger partial charge in [0.05, 0.1) is 33.4 Å². The monoisotopic (exact) mass is 718 g/mol. The molecule has 0 aliphatic rings. The Morgan fingerprint density at radius 1 is 0.429 bits per heavy atom. The van der Waals surface area contributed by atoms with E-state index in [0.29, 0.717) is 5.56 Å². The minimum absolute atomic E-state index is 0.599. The second-order valence-electron chi connectivity index (χ2n) is 15.0. The lowest BCUT2D eigenvalue weighted by Gasteiger charge is -2.19. The molecule has 0 atom stereocenters. The van der Waals surface area contributed by atoms with Gasteiger partial charge < -0.3 is 9.13 Å². The average molecular weight is 719 g/mol. The van der Waals surface area contributed by atoms with Gasteiger partial charge in [-0.1, -0.05) is 108 Å². The van der Waals surface area contributed by atoms with Crippen LogP contribution in [0.5, 0.6) is 0 Å². The first-order valence-corrected chi connectivity index (χ1v) is 19.1. The highest BCUT2D eigenvalue weighted by Gasteiger charge is 2.23. The zero-order valence-electron chi connectivity index (χ0n) is 31.8. The summed E-state index contributed by atoms with van der Waals surface area (Å²) in [6, 6.07) is 55.1. The molecule has 266 valence electrons. The van der Waals surface area contributed by atoms with Crippen molar-refractivity contribution in [2.75, 3.05) is 0 Å². The number of aromatic nitrogens is 3. The largest absolute Gasteiger partial charge is 0.308 e. The van der Waals surface area contributed by atoms with Gasteiger partial charge in [-0.15, -0.1) is 0 Å². The summed E-state index contributed by atoms with van der Waals surface area (Å²) in [4.78, 5) is 4.35. The van der Waals surface area contributed by atoms with Crippen molar-refractivity contribution >= 4 is 43.6 Å². The van der Waals surface area contributed by atoms with Crippen LogP contribution < -0.4 is 0 Å². The van der Waals surface area contributed by atoms with E-state index in [4.69, 9.17) is 0 Å². The van der Waals surface area contributed by atoms with Crippen LogP contribution in [0.1, 0.15) is 27.8 Å². The summed E-state index contributed by atoms with van der Waals surface area (Å²) in [6.45, 7) is 8.63. The maximum absolute atomic E-state index is 11.4. The molecule has 0 aliphatic heterocycles. The van der Waals surface area contributed by atoms with Gasteiger partial charge in [-0.05, 0) is 121 Å². The Balaban J connectivity index is 1.33. The molecular weight excluding hydrogens is 681 g/mol. The standard InChI is InChI=1S/C52H38N4/c1-32-13-17-40(34(3)25-32)37-15-19-44-42-9-5-7-11-47(42)55(49(44)27-37)51-29-39(36-21-23-54-24-22-36)30-52(46(51)31-53)56-48-12-8-6-10-43(48)45-20-16-38(28-50(45)56)41-18-14-33(2)26-35(41)4/h5-30H,1-4H3. The topological polar surface area (TPSA) is 46.5 Å². The van der Waals surface area contributed by atoms with Gasteiger partial charge in [0.25, 0.3) is 0 Å². The predicted molar refractivity (Wildman–Crippen MR) is 233 cm³/mol. The van der Waals surface area contributed by atoms with Crippen molar-refractivity contribution in [3.05, 3.63) is 186 Å². The number of hydrogen-bond acceptors (Lipinski definition) is 2. The Hall–Kier alpha value is -7.22. The van der Waals surface area contributed by atoms with Crippen LogP contribution in [0.25, 0.3) is 88.4 Å². The van der Waals surface area contributed by atoms with Gasteiger partial charge in [0.1, 0.15) is 11.6 Å². The number of benzene rings is 7. The second kappa shape index (κ2) is 13.0. The molecule has 0 saturated heterocycles. The Labute approximate surface area is 326 Å². The van der Waals surface area contributed by atoms with Crippen LogP contribution in [0.15, 0.2) is 158 Å². The molecule has 4 heteroatoms. The van der Waals surface area contributed by atoms with Crippen LogP contribution in [-0.2, 0) is 0 Å². The van der Waals surface area contributed by atoms with E-state index in [-0.39, 0.29) is 0 Å². The van der Waals surface area contributed by atoms with Crippen molar-refractivity contribution in [1.29, 1.82) is 5.26 Å². The molecule has 7 aromatic carbocycles. The van der Waals surface area contributed by atoms with E-state index in [2.05, 4.69) is 181 Å². The Bertz CT molecular complexity index is 3050. The first-order valence-electron chi connectivity index (χ1n) is 19.1. The van der Waals surface area contributed by atoms with E-state index in [1.807, 2.05) is 24.5 Å². The predicted octanol–water partition coefficient (Wildman–Crippen LogP) is 13.4. The van der Waals surface area contributed by atoms with Crippen molar-refractivity contribution < 1.29 is 0 Å². The maximum atomic E-state index is 11.4. The quantitative estimate of drug-likeness (QED) is 0.178. The van der Waals surface area contributed by atoms with E-state index in [0.717, 1.165) is 77.2 Å². The fourth-order valence-corrected chi connectivity index (χ4v) is 8.86. The third kappa shape index (κ3) is 5.24. The van der Waals surface area contributed by atoms with Gasteiger partial charge in [-0.25, -0.2) is 0 Å². The number of para-hydroxylation sites is 2. The van der Waals surface area contributed by atoms with Crippen molar-refractivity contribution in [2.45, 2.75) is 27.7 Å². The van der Waals surface area contributed by atoms with Gasteiger partial charge in [0, 0.05) is 33.9 Å². The van der Waals surface area contributed by atoms with E-state index < -0.39 is 0 Å². The average Bonchev–Trinajstić information content (AvgIpc) is 3.72. The van der Waals surface area contributed by atoms with Crippen LogP contribution in [0.3, 0.4) is 0 Å². The molecule has 0 radical (unpaired) electrons. The number of nitrogens with zero attached hydrogens (tertiary/aromatic N) is 4. The zero-order valence-corrected chi connectivity index (χ0v) is 31.8. The van der Waals surface area contributed by atoms with Crippen LogP contribution in [0.4, 0.5) is 0 Å². The Kier molecular flexibility index (Phi) is 7.73. The molecule has 0 fully saturated rings. The van der Waals surface area contributed by atoms with Gasteiger partial charge in [0.2, 0.25) is 0 Å². The summed E-state index contributed by atoms with van der Waals surface area (Å²) >= 11 is 0. The van der Waals surface area contributed by atoms with Gasteiger partial charge >= 0.3 is 0 Å². The molecular formula is C52H38N4. The fourth-order valence-electron chi connectivity index (χ4n) is 8.86. The van der Waals surface area contributed by atoms with Crippen molar-refractivity contribution in [1.82, 2.24) is 14.1 Å². The summed E-state index contributed by atoms with van der Waals surface area (Å²) < 4.78 is 4.61. The third-order valence-electron chi connectivity index (χ3n) is 11.4. The lowest BCUT2D eigenvalue weighted by atomic mass is 9.97. The van der Waals surface area contributed by atoms with E-state index in [1.54, 1.807) is 0 Å². The van der Waals surface area contributed by atoms with Crippen molar-refractivity contribution in [3.63, 3.8) is 0 Å². The SMILES string of the molecule is Cc1ccc(-c2ccc3c4ccccc4n(-c4cc(-c5ccncc5)cc(-n5c6ccccc6c6ccc(-c7ccc(C)cc7C)cc65)c4C#N)c3c2)c(C)c1. The molecule has 0 unspecified atom stereocenters. The lowest BCUT2D eigenvalue weighted by molar-refractivity contribution is 1.12. The van der Waals surface area contributed by atoms with Gasteiger partial charge in [-0.3, -0.25) is 4.98 Å². The third-order valence-corrected chi connectivity index (χ3v) is 11.4. The summed E-state index contributed by atoms with van der Waals surface area (Å²) in [5.74, 6) is 0. The highest BCUT2D eigenvalue weighted by Crippen LogP contribution is 2.42.